The van der Waals surface area contributed by atoms with Gasteiger partial charge in [-0.25, -0.2) is 9.38 Å². The Balaban J connectivity index is 1.42. The van der Waals surface area contributed by atoms with Gasteiger partial charge >= 0.3 is 0 Å². The molecule has 4 rings (SSSR count). The van der Waals surface area contributed by atoms with Gasteiger partial charge in [-0.3, -0.25) is 4.68 Å². The summed E-state index contributed by atoms with van der Waals surface area (Å²) in [4.78, 5) is 9.12. The van der Waals surface area contributed by atoms with Crippen LogP contribution in [0.15, 0.2) is 35.6 Å². The molecule has 162 valence electrons. The number of morpholine rings is 1. The van der Waals surface area contributed by atoms with Crippen molar-refractivity contribution in [2.24, 2.45) is 12.0 Å². The number of nitrogens with zero attached hydrogens (tertiary/aromatic N) is 5. The molecule has 0 bridgehead atoms. The summed E-state index contributed by atoms with van der Waals surface area (Å²) in [6.45, 7) is 7.95. The SMILES string of the molecule is CCNC(=NCc1ccc(N2CCOCC2)c(F)c1)N1CCC(c2cnn(C)c2)C1. The normalized spacial score (nSPS) is 20.1. The first-order chi connectivity index (χ1) is 14.6. The van der Waals surface area contributed by atoms with Crippen molar-refractivity contribution in [2.75, 3.05) is 50.8 Å². The third-order valence-electron chi connectivity index (χ3n) is 5.79. The average Bonchev–Trinajstić information content (AvgIpc) is 3.41. The predicted molar refractivity (Wildman–Crippen MR) is 116 cm³/mol. The highest BCUT2D eigenvalue weighted by Gasteiger charge is 2.27. The van der Waals surface area contributed by atoms with E-state index in [1.165, 1.54) is 5.56 Å². The Morgan fingerprint density at radius 1 is 1.30 bits per heavy atom. The first kappa shape index (κ1) is 20.7. The lowest BCUT2D eigenvalue weighted by Crippen LogP contribution is -2.40. The number of guanidine groups is 1. The minimum absolute atomic E-state index is 0.188. The molecule has 1 unspecified atom stereocenters. The Morgan fingerprint density at radius 3 is 2.83 bits per heavy atom. The van der Waals surface area contributed by atoms with Gasteiger partial charge in [-0.2, -0.15) is 5.10 Å². The number of benzene rings is 1. The molecule has 8 heteroatoms. The number of halogens is 1. The molecule has 1 atom stereocenters. The molecule has 0 aliphatic carbocycles. The summed E-state index contributed by atoms with van der Waals surface area (Å²) in [6.07, 6.45) is 5.13. The van der Waals surface area contributed by atoms with Gasteiger partial charge in [-0.15, -0.1) is 0 Å². The number of hydrogen-bond acceptors (Lipinski definition) is 4. The van der Waals surface area contributed by atoms with Crippen molar-refractivity contribution in [1.29, 1.82) is 0 Å². The van der Waals surface area contributed by atoms with Crippen LogP contribution in [-0.2, 0) is 18.3 Å². The van der Waals surface area contributed by atoms with Gasteiger partial charge in [0.1, 0.15) is 5.82 Å². The van der Waals surface area contributed by atoms with Crippen LogP contribution < -0.4 is 10.2 Å². The summed E-state index contributed by atoms with van der Waals surface area (Å²) in [6, 6.07) is 5.45. The molecule has 1 N–H and O–H groups in total. The molecule has 7 nitrogen and oxygen atoms in total. The standard InChI is InChI=1S/C22H31FN6O/c1-3-24-22(29-7-6-18(16-29)19-14-26-27(2)15-19)25-13-17-4-5-21(20(23)12-17)28-8-10-30-11-9-28/h4-5,12,14-15,18H,3,6-11,13,16H2,1-2H3,(H,24,25). The molecule has 2 aromatic rings. The lowest BCUT2D eigenvalue weighted by Gasteiger charge is -2.29. The van der Waals surface area contributed by atoms with E-state index in [4.69, 9.17) is 9.73 Å². The van der Waals surface area contributed by atoms with Gasteiger partial charge in [0.25, 0.3) is 0 Å². The molecule has 3 heterocycles. The topological polar surface area (TPSA) is 57.9 Å². The Bertz CT molecular complexity index is 876. The van der Waals surface area contributed by atoms with E-state index in [1.807, 2.05) is 35.0 Å². The maximum Gasteiger partial charge on any atom is 0.194 e. The Hall–Kier alpha value is -2.61. The highest BCUT2D eigenvalue weighted by atomic mass is 19.1. The number of aromatic nitrogens is 2. The maximum atomic E-state index is 14.7. The Labute approximate surface area is 177 Å². The number of rotatable bonds is 5. The number of aryl methyl sites for hydroxylation is 1. The van der Waals surface area contributed by atoms with Gasteiger partial charge in [0.2, 0.25) is 0 Å². The van der Waals surface area contributed by atoms with Crippen LogP contribution >= 0.6 is 0 Å². The number of nitrogens with one attached hydrogen (secondary N) is 1. The summed E-state index contributed by atoms with van der Waals surface area (Å²) in [5.74, 6) is 1.17. The van der Waals surface area contributed by atoms with Crippen molar-refractivity contribution in [3.05, 3.63) is 47.5 Å². The first-order valence-corrected chi connectivity index (χ1v) is 10.8. The molecule has 2 aliphatic heterocycles. The Morgan fingerprint density at radius 2 is 2.13 bits per heavy atom. The van der Waals surface area contributed by atoms with Crippen molar-refractivity contribution in [3.63, 3.8) is 0 Å². The third kappa shape index (κ3) is 4.75. The third-order valence-corrected chi connectivity index (χ3v) is 5.79. The minimum atomic E-state index is -0.188. The molecule has 0 spiro atoms. The molecule has 1 aromatic carbocycles. The minimum Gasteiger partial charge on any atom is -0.378 e. The molecule has 0 radical (unpaired) electrons. The highest BCUT2D eigenvalue weighted by Crippen LogP contribution is 2.27. The summed E-state index contributed by atoms with van der Waals surface area (Å²) in [5.41, 5.74) is 2.80. The van der Waals surface area contributed by atoms with Gasteiger partial charge < -0.3 is 19.9 Å². The second-order valence-electron chi connectivity index (χ2n) is 7.93. The average molecular weight is 415 g/mol. The molecule has 2 saturated heterocycles. The quantitative estimate of drug-likeness (QED) is 0.601. The highest BCUT2D eigenvalue weighted by molar-refractivity contribution is 5.80. The van der Waals surface area contributed by atoms with Crippen LogP contribution in [0.1, 0.15) is 30.4 Å². The summed E-state index contributed by atoms with van der Waals surface area (Å²) in [7, 11) is 1.95. The molecule has 1 aromatic heterocycles. The maximum absolute atomic E-state index is 14.7. The van der Waals surface area contributed by atoms with Crippen molar-refractivity contribution in [1.82, 2.24) is 20.0 Å². The van der Waals surface area contributed by atoms with Crippen LogP contribution in [0.2, 0.25) is 0 Å². The number of ether oxygens (including phenoxy) is 1. The van der Waals surface area contributed by atoms with Crippen LogP contribution in [0.5, 0.6) is 0 Å². The van der Waals surface area contributed by atoms with E-state index in [0.717, 1.165) is 50.7 Å². The van der Waals surface area contributed by atoms with Crippen molar-refractivity contribution >= 4 is 11.6 Å². The lowest BCUT2D eigenvalue weighted by molar-refractivity contribution is 0.122. The van der Waals surface area contributed by atoms with Gasteiger partial charge in [0.05, 0.1) is 31.6 Å². The van der Waals surface area contributed by atoms with Gasteiger partial charge in [0, 0.05) is 51.9 Å². The summed E-state index contributed by atoms with van der Waals surface area (Å²) >= 11 is 0. The van der Waals surface area contributed by atoms with E-state index in [1.54, 1.807) is 6.07 Å². The zero-order valence-electron chi connectivity index (χ0n) is 17.9. The van der Waals surface area contributed by atoms with E-state index in [-0.39, 0.29) is 5.82 Å². The van der Waals surface area contributed by atoms with Crippen molar-refractivity contribution < 1.29 is 9.13 Å². The fraction of sp³-hybridized carbons (Fsp3) is 0.545. The van der Waals surface area contributed by atoms with Crippen molar-refractivity contribution in [3.8, 4) is 0 Å². The molecule has 0 amide bonds. The zero-order chi connectivity index (χ0) is 20.9. The second kappa shape index (κ2) is 9.47. The van der Waals surface area contributed by atoms with Gasteiger partial charge in [-0.1, -0.05) is 6.07 Å². The van der Waals surface area contributed by atoms with E-state index < -0.39 is 0 Å². The number of aliphatic imine (C=N–C) groups is 1. The van der Waals surface area contributed by atoms with Crippen LogP contribution in [0, 0.1) is 5.82 Å². The second-order valence-corrected chi connectivity index (χ2v) is 7.93. The van der Waals surface area contributed by atoms with Gasteiger partial charge in [-0.05, 0) is 36.6 Å². The van der Waals surface area contributed by atoms with E-state index in [0.29, 0.717) is 31.4 Å². The molecule has 2 aliphatic rings. The summed E-state index contributed by atoms with van der Waals surface area (Å²) < 4.78 is 21.9. The summed E-state index contributed by atoms with van der Waals surface area (Å²) in [5, 5.41) is 7.69. The zero-order valence-corrected chi connectivity index (χ0v) is 17.9. The number of hydrogen-bond donors (Lipinski definition) is 1. The molecular weight excluding hydrogens is 383 g/mol. The fourth-order valence-corrected chi connectivity index (χ4v) is 4.18. The van der Waals surface area contributed by atoms with Crippen LogP contribution in [0.4, 0.5) is 10.1 Å². The van der Waals surface area contributed by atoms with E-state index in [9.17, 15) is 4.39 Å². The molecule has 30 heavy (non-hydrogen) atoms. The van der Waals surface area contributed by atoms with E-state index >= 15 is 0 Å². The van der Waals surface area contributed by atoms with Gasteiger partial charge in [0.15, 0.2) is 5.96 Å². The Kier molecular flexibility index (Phi) is 6.52. The monoisotopic (exact) mass is 414 g/mol. The molecule has 2 fully saturated rings. The number of likely N-dealkylation sites (tertiary alicyclic amines) is 1. The van der Waals surface area contributed by atoms with Crippen LogP contribution in [0.25, 0.3) is 0 Å². The van der Waals surface area contributed by atoms with Crippen LogP contribution in [0.3, 0.4) is 0 Å². The molecule has 0 saturated carbocycles. The van der Waals surface area contributed by atoms with E-state index in [2.05, 4.69) is 28.4 Å². The predicted octanol–water partition coefficient (Wildman–Crippen LogP) is 2.35. The fourth-order valence-electron chi connectivity index (χ4n) is 4.18. The smallest absolute Gasteiger partial charge is 0.194 e. The van der Waals surface area contributed by atoms with Crippen LogP contribution in [-0.4, -0.2) is 66.6 Å². The molecular formula is C22H31FN6O. The number of anilines is 1. The first-order valence-electron chi connectivity index (χ1n) is 10.8. The lowest BCUT2D eigenvalue weighted by atomic mass is 10.0. The van der Waals surface area contributed by atoms with Crippen molar-refractivity contribution in [2.45, 2.75) is 25.8 Å². The largest absolute Gasteiger partial charge is 0.378 e.